The van der Waals surface area contributed by atoms with Crippen LogP contribution in [-0.4, -0.2) is 50.3 Å². The van der Waals surface area contributed by atoms with Crippen LogP contribution in [0.15, 0.2) is 30.3 Å². The Morgan fingerprint density at radius 3 is 2.39 bits per heavy atom. The number of hydrogen-bond donors (Lipinski definition) is 1. The molecule has 7 heteroatoms. The van der Waals surface area contributed by atoms with Crippen LogP contribution in [0, 0.1) is 11.8 Å². The fourth-order valence-electron chi connectivity index (χ4n) is 3.14. The highest BCUT2D eigenvalue weighted by Crippen LogP contribution is 2.34. The van der Waals surface area contributed by atoms with E-state index in [1.54, 1.807) is 11.4 Å². The molecule has 0 aliphatic carbocycles. The van der Waals surface area contributed by atoms with Gasteiger partial charge in [-0.2, -0.15) is 17.0 Å². The molecule has 1 aliphatic heterocycles. The Bertz CT molecular complexity index is 580. The minimum absolute atomic E-state index is 0. The number of rotatable bonds is 6. The van der Waals surface area contributed by atoms with Gasteiger partial charge in [-0.1, -0.05) is 44.2 Å². The number of nitrogens with zero attached hydrogens (tertiary/aromatic N) is 2. The van der Waals surface area contributed by atoms with E-state index in [1.165, 1.54) is 9.87 Å². The Morgan fingerprint density at radius 2 is 1.87 bits per heavy atom. The highest BCUT2D eigenvalue weighted by atomic mass is 35.5. The number of hydrogen-bond acceptors (Lipinski definition) is 3. The fraction of sp³-hybridized carbons (Fsp3) is 0.625. The molecule has 132 valence electrons. The molecule has 2 atom stereocenters. The summed E-state index contributed by atoms with van der Waals surface area (Å²) in [6, 6.07) is 10.1. The van der Waals surface area contributed by atoms with Crippen LogP contribution in [0.1, 0.15) is 25.3 Å². The summed E-state index contributed by atoms with van der Waals surface area (Å²) >= 11 is 0. The summed E-state index contributed by atoms with van der Waals surface area (Å²) in [6.07, 6.45) is 0. The first-order chi connectivity index (χ1) is 10.4. The van der Waals surface area contributed by atoms with Crippen molar-refractivity contribution in [3.8, 4) is 0 Å². The Labute approximate surface area is 146 Å². The second kappa shape index (κ2) is 8.44. The van der Waals surface area contributed by atoms with Gasteiger partial charge in [0.05, 0.1) is 0 Å². The minimum atomic E-state index is -3.41. The van der Waals surface area contributed by atoms with Crippen molar-refractivity contribution in [2.75, 3.05) is 33.2 Å². The number of benzene rings is 1. The van der Waals surface area contributed by atoms with Crippen molar-refractivity contribution in [1.29, 1.82) is 0 Å². The van der Waals surface area contributed by atoms with Gasteiger partial charge in [0, 0.05) is 32.6 Å². The van der Waals surface area contributed by atoms with Gasteiger partial charge in [-0.3, -0.25) is 0 Å². The third kappa shape index (κ3) is 4.67. The van der Waals surface area contributed by atoms with Crippen molar-refractivity contribution in [3.05, 3.63) is 35.9 Å². The van der Waals surface area contributed by atoms with E-state index in [2.05, 4.69) is 12.1 Å². The summed E-state index contributed by atoms with van der Waals surface area (Å²) in [5.41, 5.74) is 7.06. The second-order valence-electron chi connectivity index (χ2n) is 6.51. The predicted molar refractivity (Wildman–Crippen MR) is 96.9 cm³/mol. The van der Waals surface area contributed by atoms with Gasteiger partial charge in [0.1, 0.15) is 0 Å². The van der Waals surface area contributed by atoms with E-state index in [4.69, 9.17) is 5.73 Å². The van der Waals surface area contributed by atoms with E-state index < -0.39 is 10.2 Å². The molecule has 5 nitrogen and oxygen atoms in total. The molecule has 1 aliphatic rings. The van der Waals surface area contributed by atoms with Gasteiger partial charge in [-0.15, -0.1) is 12.4 Å². The van der Waals surface area contributed by atoms with Crippen LogP contribution in [0.2, 0.25) is 0 Å². The number of nitrogens with two attached hydrogens (primary N) is 1. The zero-order chi connectivity index (χ0) is 16.3. The van der Waals surface area contributed by atoms with Crippen LogP contribution in [-0.2, 0) is 10.2 Å². The minimum Gasteiger partial charge on any atom is -0.330 e. The van der Waals surface area contributed by atoms with Gasteiger partial charge >= 0.3 is 0 Å². The van der Waals surface area contributed by atoms with E-state index >= 15 is 0 Å². The van der Waals surface area contributed by atoms with Gasteiger partial charge in [-0.25, -0.2) is 0 Å². The summed E-state index contributed by atoms with van der Waals surface area (Å²) in [6.45, 7) is 6.08. The van der Waals surface area contributed by atoms with Crippen LogP contribution in [0.4, 0.5) is 0 Å². The maximum Gasteiger partial charge on any atom is 0.281 e. The molecule has 1 aromatic carbocycles. The van der Waals surface area contributed by atoms with E-state index in [1.807, 2.05) is 32.0 Å². The maximum atomic E-state index is 12.7. The maximum absolute atomic E-state index is 12.7. The molecule has 0 amide bonds. The molecule has 1 fully saturated rings. The van der Waals surface area contributed by atoms with E-state index in [9.17, 15) is 8.42 Å². The first-order valence-corrected chi connectivity index (χ1v) is 9.22. The van der Waals surface area contributed by atoms with Gasteiger partial charge in [0.25, 0.3) is 10.2 Å². The molecular formula is C16H28ClN3O2S. The summed E-state index contributed by atoms with van der Waals surface area (Å²) in [7, 11) is -1.75. The van der Waals surface area contributed by atoms with Crippen molar-refractivity contribution in [2.24, 2.45) is 17.6 Å². The largest absolute Gasteiger partial charge is 0.330 e. The monoisotopic (exact) mass is 361 g/mol. The molecule has 0 saturated carbocycles. The van der Waals surface area contributed by atoms with Crippen LogP contribution in [0.5, 0.6) is 0 Å². The van der Waals surface area contributed by atoms with Crippen LogP contribution >= 0.6 is 12.4 Å². The summed E-state index contributed by atoms with van der Waals surface area (Å²) in [4.78, 5) is 0. The van der Waals surface area contributed by atoms with Gasteiger partial charge in [-0.05, 0) is 23.9 Å². The number of halogens is 1. The predicted octanol–water partition coefficient (Wildman–Crippen LogP) is 1.92. The van der Waals surface area contributed by atoms with Crippen molar-refractivity contribution >= 4 is 22.6 Å². The topological polar surface area (TPSA) is 66.6 Å². The molecule has 23 heavy (non-hydrogen) atoms. The van der Waals surface area contributed by atoms with E-state index in [0.29, 0.717) is 32.1 Å². The third-order valence-electron chi connectivity index (χ3n) is 4.28. The van der Waals surface area contributed by atoms with Crippen molar-refractivity contribution in [2.45, 2.75) is 19.8 Å². The lowest BCUT2D eigenvalue weighted by atomic mass is 9.89. The van der Waals surface area contributed by atoms with Gasteiger partial charge in [0.2, 0.25) is 0 Å². The quantitative estimate of drug-likeness (QED) is 0.841. The lowest BCUT2D eigenvalue weighted by molar-refractivity contribution is 0.363. The average molecular weight is 362 g/mol. The lowest BCUT2D eigenvalue weighted by Crippen LogP contribution is -2.42. The van der Waals surface area contributed by atoms with Crippen molar-refractivity contribution in [1.82, 2.24) is 8.61 Å². The standard InChI is InChI=1S/C16H27N3O2S.ClH/c1-13(2)10-18(3)22(20,21)19-11-15(9-17)16(12-19)14-7-5-4-6-8-14;/h4-8,13,15-16H,9-12,17H2,1-3H3;1H/t15-,16+;/m1./s1. The highest BCUT2D eigenvalue weighted by Gasteiger charge is 2.40. The highest BCUT2D eigenvalue weighted by molar-refractivity contribution is 7.86. The molecule has 1 heterocycles. The molecule has 1 aromatic rings. The Morgan fingerprint density at radius 1 is 1.26 bits per heavy atom. The molecular weight excluding hydrogens is 334 g/mol. The molecule has 0 aromatic heterocycles. The van der Waals surface area contributed by atoms with Crippen LogP contribution in [0.25, 0.3) is 0 Å². The zero-order valence-electron chi connectivity index (χ0n) is 14.1. The first-order valence-electron chi connectivity index (χ1n) is 7.82. The Hall–Kier alpha value is -0.660. The zero-order valence-corrected chi connectivity index (χ0v) is 15.7. The average Bonchev–Trinajstić information content (AvgIpc) is 2.92. The third-order valence-corrected chi connectivity index (χ3v) is 6.17. The molecule has 1 saturated heterocycles. The molecule has 2 N–H and O–H groups in total. The Balaban J connectivity index is 0.00000264. The van der Waals surface area contributed by atoms with Crippen molar-refractivity contribution in [3.63, 3.8) is 0 Å². The van der Waals surface area contributed by atoms with Crippen molar-refractivity contribution < 1.29 is 8.42 Å². The SMILES string of the molecule is CC(C)CN(C)S(=O)(=O)N1C[C@@H](CN)[C@H](c2ccccc2)C1.Cl. The van der Waals surface area contributed by atoms with E-state index in [-0.39, 0.29) is 24.2 Å². The summed E-state index contributed by atoms with van der Waals surface area (Å²) in [5, 5.41) is 0. The molecule has 0 radical (unpaired) electrons. The fourth-order valence-corrected chi connectivity index (χ4v) is 4.75. The molecule has 0 spiro atoms. The molecule has 0 bridgehead atoms. The normalized spacial score (nSPS) is 22.5. The molecule has 0 unspecified atom stereocenters. The van der Waals surface area contributed by atoms with Gasteiger partial charge in [0.15, 0.2) is 0 Å². The lowest BCUT2D eigenvalue weighted by Gasteiger charge is -2.25. The Kier molecular flexibility index (Phi) is 7.48. The van der Waals surface area contributed by atoms with Gasteiger partial charge < -0.3 is 5.73 Å². The summed E-state index contributed by atoms with van der Waals surface area (Å²) in [5.74, 6) is 0.649. The van der Waals surface area contributed by atoms with Crippen LogP contribution < -0.4 is 5.73 Å². The summed E-state index contributed by atoms with van der Waals surface area (Å²) < 4.78 is 28.5. The van der Waals surface area contributed by atoms with Crippen LogP contribution in [0.3, 0.4) is 0 Å². The smallest absolute Gasteiger partial charge is 0.281 e. The second-order valence-corrected chi connectivity index (χ2v) is 8.55. The molecule has 2 rings (SSSR count). The first kappa shape index (κ1) is 20.4. The van der Waals surface area contributed by atoms with E-state index in [0.717, 1.165) is 0 Å².